The number of hydrogen-bond donors (Lipinski definition) is 2. The van der Waals surface area contributed by atoms with Gasteiger partial charge in [0.05, 0.1) is 5.92 Å². The molecule has 4 unspecified atom stereocenters. The zero-order valence-electron chi connectivity index (χ0n) is 12.3. The molecule has 1 aliphatic heterocycles. The Morgan fingerprint density at radius 2 is 2.10 bits per heavy atom. The van der Waals surface area contributed by atoms with E-state index in [1.165, 1.54) is 19.3 Å². The van der Waals surface area contributed by atoms with Crippen molar-refractivity contribution in [3.05, 3.63) is 12.2 Å². The number of allylic oxidation sites excluding steroid dienone is 2. The number of amides is 2. The van der Waals surface area contributed by atoms with Crippen molar-refractivity contribution in [2.45, 2.75) is 32.1 Å². The maximum atomic E-state index is 12.2. The molecule has 2 amide bonds. The average Bonchev–Trinajstić information content (AvgIpc) is 2.54. The van der Waals surface area contributed by atoms with Crippen LogP contribution in [0.2, 0.25) is 0 Å². The Morgan fingerprint density at radius 1 is 1.24 bits per heavy atom. The molecule has 4 aliphatic rings. The number of rotatable bonds is 3. The molecule has 0 spiro atoms. The van der Waals surface area contributed by atoms with Gasteiger partial charge in [-0.1, -0.05) is 12.2 Å². The minimum Gasteiger partial charge on any atom is -0.481 e. The molecule has 5 heteroatoms. The van der Waals surface area contributed by atoms with E-state index in [4.69, 9.17) is 5.11 Å². The zero-order chi connectivity index (χ0) is 14.8. The van der Waals surface area contributed by atoms with E-state index in [1.54, 1.807) is 4.90 Å². The second-order valence-corrected chi connectivity index (χ2v) is 6.69. The van der Waals surface area contributed by atoms with Crippen LogP contribution in [0.15, 0.2) is 12.2 Å². The number of nitrogens with zero attached hydrogens (tertiary/aromatic N) is 1. The van der Waals surface area contributed by atoms with Crippen molar-refractivity contribution >= 4 is 12.0 Å². The first-order chi connectivity index (χ1) is 10.1. The fourth-order valence-corrected chi connectivity index (χ4v) is 3.98. The molecule has 3 aliphatic carbocycles. The van der Waals surface area contributed by atoms with Gasteiger partial charge >= 0.3 is 12.0 Å². The Bertz CT molecular complexity index is 449. The number of carboxylic acids is 1. The molecular formula is C16H24N2O3. The van der Waals surface area contributed by atoms with Crippen LogP contribution in [0.25, 0.3) is 0 Å². The van der Waals surface area contributed by atoms with Crippen molar-refractivity contribution < 1.29 is 14.7 Å². The highest BCUT2D eigenvalue weighted by Crippen LogP contribution is 2.39. The Balaban J connectivity index is 1.48. The first-order valence-corrected chi connectivity index (χ1v) is 8.07. The Labute approximate surface area is 125 Å². The lowest BCUT2D eigenvalue weighted by Crippen LogP contribution is -2.48. The minimum atomic E-state index is -0.790. The summed E-state index contributed by atoms with van der Waals surface area (Å²) >= 11 is 0. The van der Waals surface area contributed by atoms with Crippen LogP contribution < -0.4 is 5.32 Å². The Morgan fingerprint density at radius 3 is 2.71 bits per heavy atom. The van der Waals surface area contributed by atoms with E-state index in [9.17, 15) is 9.59 Å². The lowest BCUT2D eigenvalue weighted by atomic mass is 9.69. The number of piperidine rings is 1. The van der Waals surface area contributed by atoms with Gasteiger partial charge in [-0.15, -0.1) is 0 Å². The number of carbonyl (C=O) groups excluding carboxylic acids is 1. The van der Waals surface area contributed by atoms with Crippen molar-refractivity contribution in [1.82, 2.24) is 10.2 Å². The summed E-state index contributed by atoms with van der Waals surface area (Å²) in [4.78, 5) is 24.9. The maximum absolute atomic E-state index is 12.2. The fraction of sp³-hybridized carbons (Fsp3) is 0.750. The van der Waals surface area contributed by atoms with Gasteiger partial charge in [-0.3, -0.25) is 4.79 Å². The lowest BCUT2D eigenvalue weighted by Gasteiger charge is -2.38. The van der Waals surface area contributed by atoms with Gasteiger partial charge in [-0.05, 0) is 49.9 Å². The van der Waals surface area contributed by atoms with Crippen LogP contribution >= 0.6 is 0 Å². The summed E-state index contributed by atoms with van der Waals surface area (Å²) < 4.78 is 0. The highest BCUT2D eigenvalue weighted by Gasteiger charge is 2.33. The molecule has 5 nitrogen and oxygen atoms in total. The summed E-state index contributed by atoms with van der Waals surface area (Å²) in [5.41, 5.74) is 0. The van der Waals surface area contributed by atoms with Gasteiger partial charge in [-0.25, -0.2) is 4.79 Å². The highest BCUT2D eigenvalue weighted by atomic mass is 16.4. The largest absolute Gasteiger partial charge is 0.481 e. The molecule has 2 fully saturated rings. The lowest BCUT2D eigenvalue weighted by molar-refractivity contribution is -0.143. The first kappa shape index (κ1) is 14.4. The summed E-state index contributed by atoms with van der Waals surface area (Å²) in [5.74, 6) is 0.671. The summed E-state index contributed by atoms with van der Waals surface area (Å²) in [6.07, 6.45) is 9.81. The molecule has 0 aromatic heterocycles. The molecule has 4 atom stereocenters. The smallest absolute Gasteiger partial charge is 0.317 e. The van der Waals surface area contributed by atoms with Crippen LogP contribution in [0.1, 0.15) is 32.1 Å². The summed E-state index contributed by atoms with van der Waals surface area (Å²) in [5, 5.41) is 12.1. The van der Waals surface area contributed by atoms with Crippen LogP contribution in [0, 0.1) is 23.7 Å². The van der Waals surface area contributed by atoms with Gasteiger partial charge in [0.2, 0.25) is 0 Å². The molecule has 2 N–H and O–H groups in total. The Hall–Kier alpha value is -1.52. The topological polar surface area (TPSA) is 69.6 Å². The SMILES string of the molecule is O=C(O)C1CCCN(C(=O)NCC2CC3C=CC2CC3)C1. The molecule has 0 aromatic carbocycles. The van der Waals surface area contributed by atoms with Gasteiger partial charge in [0.1, 0.15) is 0 Å². The predicted molar refractivity (Wildman–Crippen MR) is 78.8 cm³/mol. The van der Waals surface area contributed by atoms with Gasteiger partial charge in [0, 0.05) is 19.6 Å². The number of carbonyl (C=O) groups is 2. The number of aliphatic carboxylic acids is 1. The average molecular weight is 292 g/mol. The Kier molecular flexibility index (Phi) is 4.17. The molecule has 4 rings (SSSR count). The third-order valence-corrected chi connectivity index (χ3v) is 5.29. The van der Waals surface area contributed by atoms with E-state index >= 15 is 0 Å². The molecule has 1 saturated carbocycles. The monoisotopic (exact) mass is 292 g/mol. The fourth-order valence-electron chi connectivity index (χ4n) is 3.98. The summed E-state index contributed by atoms with van der Waals surface area (Å²) in [6.45, 7) is 1.74. The van der Waals surface area contributed by atoms with Gasteiger partial charge in [0.25, 0.3) is 0 Å². The quantitative estimate of drug-likeness (QED) is 0.783. The number of urea groups is 1. The highest BCUT2D eigenvalue weighted by molar-refractivity contribution is 5.76. The van der Waals surface area contributed by atoms with Crippen LogP contribution in [0.4, 0.5) is 4.79 Å². The summed E-state index contributed by atoms with van der Waals surface area (Å²) in [7, 11) is 0. The van der Waals surface area contributed by atoms with Crippen molar-refractivity contribution in [2.24, 2.45) is 23.7 Å². The molecule has 1 heterocycles. The number of carboxylic acid groups (broad SMARTS) is 1. The van der Waals surface area contributed by atoms with E-state index in [0.29, 0.717) is 37.3 Å². The van der Waals surface area contributed by atoms with Crippen molar-refractivity contribution in [1.29, 1.82) is 0 Å². The molecule has 2 bridgehead atoms. The van der Waals surface area contributed by atoms with Crippen molar-refractivity contribution in [2.75, 3.05) is 19.6 Å². The van der Waals surface area contributed by atoms with Crippen LogP contribution in [0.5, 0.6) is 0 Å². The van der Waals surface area contributed by atoms with Crippen molar-refractivity contribution in [3.8, 4) is 0 Å². The van der Waals surface area contributed by atoms with E-state index in [0.717, 1.165) is 13.0 Å². The third-order valence-electron chi connectivity index (χ3n) is 5.29. The van der Waals surface area contributed by atoms with Crippen LogP contribution in [0.3, 0.4) is 0 Å². The molecule has 21 heavy (non-hydrogen) atoms. The molecular weight excluding hydrogens is 268 g/mol. The number of likely N-dealkylation sites (tertiary alicyclic amines) is 1. The number of hydrogen-bond acceptors (Lipinski definition) is 2. The number of fused-ring (bicyclic) bond motifs is 2. The first-order valence-electron chi connectivity index (χ1n) is 8.07. The molecule has 116 valence electrons. The molecule has 0 radical (unpaired) electrons. The normalized spacial score (nSPS) is 34.8. The third kappa shape index (κ3) is 3.22. The zero-order valence-corrected chi connectivity index (χ0v) is 12.3. The minimum absolute atomic E-state index is 0.0913. The van der Waals surface area contributed by atoms with Gasteiger partial charge in [-0.2, -0.15) is 0 Å². The van der Waals surface area contributed by atoms with Crippen LogP contribution in [-0.4, -0.2) is 41.6 Å². The van der Waals surface area contributed by atoms with E-state index in [-0.39, 0.29) is 6.03 Å². The second kappa shape index (κ2) is 6.08. The van der Waals surface area contributed by atoms with Crippen molar-refractivity contribution in [3.63, 3.8) is 0 Å². The molecule has 0 aromatic rings. The standard InChI is InChI=1S/C16H24N2O3/c19-15(20)13-2-1-7-18(10-13)16(21)17-9-14-8-11-3-5-12(14)6-4-11/h3,5,11-14H,1-2,4,6-10H2,(H,17,21)(H,19,20). The van der Waals surface area contributed by atoms with Crippen LogP contribution in [-0.2, 0) is 4.79 Å². The second-order valence-electron chi connectivity index (χ2n) is 6.69. The van der Waals surface area contributed by atoms with E-state index < -0.39 is 11.9 Å². The molecule has 1 saturated heterocycles. The summed E-state index contributed by atoms with van der Waals surface area (Å²) in [6, 6.07) is -0.0913. The maximum Gasteiger partial charge on any atom is 0.317 e. The van der Waals surface area contributed by atoms with Gasteiger partial charge in [0.15, 0.2) is 0 Å². The number of nitrogens with one attached hydrogen (secondary N) is 1. The van der Waals surface area contributed by atoms with E-state index in [2.05, 4.69) is 17.5 Å². The van der Waals surface area contributed by atoms with Gasteiger partial charge < -0.3 is 15.3 Å². The van der Waals surface area contributed by atoms with E-state index in [1.807, 2.05) is 0 Å². The predicted octanol–water partition coefficient (Wildman–Crippen LogP) is 2.09.